The van der Waals surface area contributed by atoms with Crippen molar-refractivity contribution < 1.29 is 22.8 Å². The summed E-state index contributed by atoms with van der Waals surface area (Å²) in [6, 6.07) is 4.52. The Hall–Kier alpha value is -3.17. The molecule has 4 heterocycles. The molecular formula is C26H29ClFN5O3. The number of ether oxygens (including phenoxy) is 1. The van der Waals surface area contributed by atoms with Crippen molar-refractivity contribution in [1.82, 2.24) is 19.7 Å². The number of pyridine rings is 1. The Balaban J connectivity index is 1.68. The molecule has 0 unspecified atom stereocenters. The number of carbonyl (C=O) groups excluding carboxylic acids is 2. The lowest BCUT2D eigenvalue weighted by Crippen LogP contribution is -2.57. The molecule has 2 amide bonds. The lowest BCUT2D eigenvalue weighted by Gasteiger charge is -2.41. The van der Waals surface area contributed by atoms with Crippen LogP contribution in [0.2, 0.25) is 5.02 Å². The van der Waals surface area contributed by atoms with E-state index < -0.39 is 30.7 Å². The van der Waals surface area contributed by atoms with E-state index in [1.165, 1.54) is 24.3 Å². The second kappa shape index (κ2) is 9.71. The molecule has 2 aromatic rings. The minimum atomic E-state index is -2.39. The van der Waals surface area contributed by atoms with Gasteiger partial charge < -0.3 is 24.3 Å². The molecule has 190 valence electrons. The fraction of sp³-hybridized carbons (Fsp3) is 0.423. The van der Waals surface area contributed by atoms with Crippen LogP contribution in [0.5, 0.6) is 5.75 Å². The number of fused-ring (bicyclic) bond motifs is 2. The number of nitrogens with zero attached hydrogens (tertiary/aromatic N) is 5. The van der Waals surface area contributed by atoms with Crippen molar-refractivity contribution in [3.8, 4) is 17.0 Å². The van der Waals surface area contributed by atoms with E-state index in [1.54, 1.807) is 20.8 Å². The van der Waals surface area contributed by atoms with E-state index in [9.17, 15) is 14.0 Å². The van der Waals surface area contributed by atoms with Gasteiger partial charge in [-0.3, -0.25) is 9.59 Å². The smallest absolute Gasteiger partial charge is 0.261 e. The lowest BCUT2D eigenvalue weighted by atomic mass is 10.0. The van der Waals surface area contributed by atoms with Gasteiger partial charge in [-0.2, -0.15) is 0 Å². The molecule has 10 heteroatoms. The Kier molecular flexibility index (Phi) is 5.65. The molecule has 2 fully saturated rings. The van der Waals surface area contributed by atoms with Crippen molar-refractivity contribution in [2.45, 2.75) is 18.9 Å². The summed E-state index contributed by atoms with van der Waals surface area (Å²) in [5.74, 6) is -1.12. The maximum atomic E-state index is 15.0. The highest BCUT2D eigenvalue weighted by atomic mass is 35.5. The monoisotopic (exact) mass is 516 g/mol. The number of hydrogen-bond donors (Lipinski definition) is 0. The number of carbonyl (C=O) groups is 2. The highest BCUT2D eigenvalue weighted by molar-refractivity contribution is 6.35. The summed E-state index contributed by atoms with van der Waals surface area (Å²) in [7, 11) is 1.83. The van der Waals surface area contributed by atoms with E-state index in [0.29, 0.717) is 13.1 Å². The zero-order valence-electron chi connectivity index (χ0n) is 22.9. The van der Waals surface area contributed by atoms with Gasteiger partial charge in [-0.05, 0) is 32.1 Å². The Morgan fingerprint density at radius 2 is 2.03 bits per heavy atom. The number of benzene rings is 1. The van der Waals surface area contributed by atoms with Crippen LogP contribution in [0.3, 0.4) is 0 Å². The summed E-state index contributed by atoms with van der Waals surface area (Å²) < 4.78 is 45.8. The molecule has 1 aromatic carbocycles. The Labute approximate surface area is 219 Å². The predicted molar refractivity (Wildman–Crippen MR) is 136 cm³/mol. The number of amides is 2. The third-order valence-electron chi connectivity index (χ3n) is 6.92. The van der Waals surface area contributed by atoms with Gasteiger partial charge in [0.2, 0.25) is 5.91 Å². The first-order valence-electron chi connectivity index (χ1n) is 13.3. The van der Waals surface area contributed by atoms with Crippen molar-refractivity contribution in [3.63, 3.8) is 0 Å². The molecule has 2 atom stereocenters. The normalized spacial score (nSPS) is 24.0. The van der Waals surface area contributed by atoms with E-state index in [0.717, 1.165) is 0 Å². The second-order valence-electron chi connectivity index (χ2n) is 9.21. The molecule has 3 aliphatic heterocycles. The van der Waals surface area contributed by atoms with Gasteiger partial charge in [0.25, 0.3) is 5.91 Å². The van der Waals surface area contributed by atoms with Crippen molar-refractivity contribution in [2.75, 3.05) is 57.8 Å². The van der Waals surface area contributed by atoms with Crippen LogP contribution in [0, 0.1) is 5.82 Å². The third-order valence-corrected chi connectivity index (χ3v) is 7.27. The zero-order valence-corrected chi connectivity index (χ0v) is 20.7. The fourth-order valence-electron chi connectivity index (χ4n) is 4.99. The molecule has 0 N–H and O–H groups in total. The number of hydrogen-bond acceptors (Lipinski definition) is 6. The Bertz CT molecular complexity index is 1330. The summed E-state index contributed by atoms with van der Waals surface area (Å²) in [6.45, 7) is 2.98. The molecule has 3 aliphatic rings. The number of rotatable bonds is 3. The van der Waals surface area contributed by atoms with Crippen molar-refractivity contribution >= 4 is 29.2 Å². The molecule has 8 nitrogen and oxygen atoms in total. The molecule has 1 aromatic heterocycles. The SMILES string of the molecule is [2H]C([2H])([2H])[C@H]1CN(C)CCN1c1nc(-c2ccccc2F)c(Cl)c2c1C(=O)N1CCN(C(=O)C=C)C[C@@H]1CO2. The minimum Gasteiger partial charge on any atom is -0.489 e. The number of piperazine rings is 2. The van der Waals surface area contributed by atoms with Crippen molar-refractivity contribution in [3.05, 3.63) is 53.3 Å². The highest BCUT2D eigenvalue weighted by Gasteiger charge is 2.41. The van der Waals surface area contributed by atoms with Crippen LogP contribution in [-0.2, 0) is 4.79 Å². The van der Waals surface area contributed by atoms with Gasteiger partial charge in [0.05, 0.1) is 11.7 Å². The van der Waals surface area contributed by atoms with Crippen LogP contribution in [0.25, 0.3) is 11.3 Å². The van der Waals surface area contributed by atoms with Crippen molar-refractivity contribution in [2.24, 2.45) is 0 Å². The number of halogens is 2. The van der Waals surface area contributed by atoms with Crippen LogP contribution >= 0.6 is 11.6 Å². The van der Waals surface area contributed by atoms with Crippen LogP contribution in [0.1, 0.15) is 21.3 Å². The molecule has 0 radical (unpaired) electrons. The number of likely N-dealkylation sites (N-methyl/N-ethyl adjacent to an activating group) is 1. The summed E-state index contributed by atoms with van der Waals surface area (Å²) in [5, 5.41) is -0.0365. The third kappa shape index (κ3) is 4.20. The average molecular weight is 517 g/mol. The Morgan fingerprint density at radius 3 is 2.78 bits per heavy atom. The second-order valence-corrected chi connectivity index (χ2v) is 9.58. The highest BCUT2D eigenvalue weighted by Crippen LogP contribution is 2.44. The molecule has 5 rings (SSSR count). The summed E-state index contributed by atoms with van der Waals surface area (Å²) in [4.78, 5) is 37.8. The van der Waals surface area contributed by atoms with Gasteiger partial charge in [0, 0.05) is 55.0 Å². The largest absolute Gasteiger partial charge is 0.489 e. The quantitative estimate of drug-likeness (QED) is 0.584. The van der Waals surface area contributed by atoms with Gasteiger partial charge >= 0.3 is 0 Å². The zero-order chi connectivity index (χ0) is 28.1. The molecule has 0 bridgehead atoms. The van der Waals surface area contributed by atoms with E-state index in [1.807, 2.05) is 11.9 Å². The summed E-state index contributed by atoms with van der Waals surface area (Å²) in [5.41, 5.74) is 0.208. The van der Waals surface area contributed by atoms with Crippen molar-refractivity contribution in [1.29, 1.82) is 0 Å². The van der Waals surface area contributed by atoms with Gasteiger partial charge in [-0.1, -0.05) is 30.3 Å². The van der Waals surface area contributed by atoms with Crippen LogP contribution < -0.4 is 9.64 Å². The lowest BCUT2D eigenvalue weighted by molar-refractivity contribution is -0.128. The maximum absolute atomic E-state index is 15.0. The first-order valence-corrected chi connectivity index (χ1v) is 12.2. The van der Waals surface area contributed by atoms with E-state index >= 15 is 0 Å². The molecule has 36 heavy (non-hydrogen) atoms. The topological polar surface area (TPSA) is 69.2 Å². The van der Waals surface area contributed by atoms with Crippen LogP contribution in [0.15, 0.2) is 36.9 Å². The molecule has 2 saturated heterocycles. The fourth-order valence-corrected chi connectivity index (χ4v) is 5.28. The van der Waals surface area contributed by atoms with Crippen LogP contribution in [-0.4, -0.2) is 96.5 Å². The summed E-state index contributed by atoms with van der Waals surface area (Å²) >= 11 is 6.79. The summed E-state index contributed by atoms with van der Waals surface area (Å²) in [6.07, 6.45) is 1.23. The van der Waals surface area contributed by atoms with Gasteiger partial charge in [0.1, 0.15) is 28.8 Å². The van der Waals surface area contributed by atoms with Gasteiger partial charge in [0.15, 0.2) is 5.75 Å². The standard InChI is InChI=1S/C26H29ClFN5O3/c1-4-20(34)31-10-12-33-17(14-31)15-36-24-21(26(33)35)25(32-11-9-30(3)13-16(32)2)29-23(22(24)27)18-7-5-6-8-19(18)28/h4-8,16-17H,1,9-15H2,2-3H3/t16-,17+/m0/s1/i2D3. The molecule has 0 aliphatic carbocycles. The minimum absolute atomic E-state index is 0.0316. The van der Waals surface area contributed by atoms with E-state index in [4.69, 9.17) is 25.4 Å². The molecular weight excluding hydrogens is 485 g/mol. The van der Waals surface area contributed by atoms with E-state index in [-0.39, 0.29) is 72.1 Å². The van der Waals surface area contributed by atoms with E-state index in [2.05, 4.69) is 6.58 Å². The first-order chi connectivity index (χ1) is 18.5. The number of anilines is 1. The van der Waals surface area contributed by atoms with Crippen LogP contribution in [0.4, 0.5) is 10.2 Å². The van der Waals surface area contributed by atoms with Gasteiger partial charge in [-0.25, -0.2) is 9.37 Å². The maximum Gasteiger partial charge on any atom is 0.261 e. The molecule has 0 spiro atoms. The average Bonchev–Trinajstić information content (AvgIpc) is 3.05. The van der Waals surface area contributed by atoms with Gasteiger partial charge in [-0.15, -0.1) is 0 Å². The number of aromatic nitrogens is 1. The Morgan fingerprint density at radius 1 is 1.25 bits per heavy atom. The molecule has 0 saturated carbocycles. The predicted octanol–water partition coefficient (Wildman–Crippen LogP) is 2.91. The first kappa shape index (κ1) is 21.0.